The van der Waals surface area contributed by atoms with Gasteiger partial charge in [-0.05, 0) is 18.2 Å². The van der Waals surface area contributed by atoms with E-state index in [1.807, 2.05) is 0 Å². The Balaban J connectivity index is 2.41. The number of aromatic nitrogens is 1. The van der Waals surface area contributed by atoms with Crippen LogP contribution in [-0.2, 0) is 9.84 Å². The molecule has 0 unspecified atom stereocenters. The molecule has 1 aromatic carbocycles. The van der Waals surface area contributed by atoms with Crippen LogP contribution in [0, 0.1) is 10.1 Å². The van der Waals surface area contributed by atoms with Gasteiger partial charge in [0.15, 0.2) is 9.84 Å². The number of benzene rings is 1. The highest BCUT2D eigenvalue weighted by Gasteiger charge is 2.19. The molecule has 0 saturated heterocycles. The maximum Gasteiger partial charge on any atom is 0.271 e. The maximum atomic E-state index is 12.2. The number of non-ortho nitro benzene ring substituents is 1. The number of hydrogen-bond donors (Lipinski definition) is 1. The van der Waals surface area contributed by atoms with Crippen molar-refractivity contribution in [2.24, 2.45) is 0 Å². The summed E-state index contributed by atoms with van der Waals surface area (Å²) in [4.78, 5) is 25.8. The van der Waals surface area contributed by atoms with Crippen molar-refractivity contribution >= 4 is 38.7 Å². The molecule has 1 aromatic heterocycles. The number of pyridine rings is 1. The van der Waals surface area contributed by atoms with Gasteiger partial charge in [-0.25, -0.2) is 13.4 Å². The Labute approximate surface area is 136 Å². The number of carbonyl (C=O) groups excluding carboxylic acids is 1. The monoisotopic (exact) mass is 355 g/mol. The van der Waals surface area contributed by atoms with E-state index < -0.39 is 26.4 Å². The first-order valence-electron chi connectivity index (χ1n) is 6.09. The van der Waals surface area contributed by atoms with E-state index >= 15 is 0 Å². The molecule has 1 N–H and O–H groups in total. The van der Waals surface area contributed by atoms with Gasteiger partial charge in [0.05, 0.1) is 21.7 Å². The van der Waals surface area contributed by atoms with Crippen LogP contribution in [0.1, 0.15) is 10.4 Å². The first-order valence-corrected chi connectivity index (χ1v) is 8.36. The topological polar surface area (TPSA) is 119 Å². The van der Waals surface area contributed by atoms with Gasteiger partial charge in [0.2, 0.25) is 0 Å². The Morgan fingerprint density at radius 3 is 2.52 bits per heavy atom. The lowest BCUT2D eigenvalue weighted by molar-refractivity contribution is -0.385. The molecule has 120 valence electrons. The largest absolute Gasteiger partial charge is 0.321 e. The number of nitro benzene ring substituents is 1. The van der Waals surface area contributed by atoms with E-state index in [0.717, 1.165) is 24.5 Å². The minimum Gasteiger partial charge on any atom is -0.321 e. The third kappa shape index (κ3) is 4.24. The first-order chi connectivity index (χ1) is 10.7. The molecular weight excluding hydrogens is 346 g/mol. The first kappa shape index (κ1) is 16.8. The SMILES string of the molecule is CS(=O)(=O)c1cc(C(=O)Nc2ccc(Cl)nc2)cc([N+](=O)[O-])c1. The van der Waals surface area contributed by atoms with Gasteiger partial charge >= 0.3 is 0 Å². The molecule has 1 amide bonds. The number of nitro groups is 1. The molecule has 0 atom stereocenters. The minimum absolute atomic E-state index is 0.158. The lowest BCUT2D eigenvalue weighted by atomic mass is 10.2. The Hall–Kier alpha value is -2.52. The highest BCUT2D eigenvalue weighted by atomic mass is 35.5. The molecule has 8 nitrogen and oxygen atoms in total. The summed E-state index contributed by atoms with van der Waals surface area (Å²) in [7, 11) is -3.71. The molecule has 0 aliphatic carbocycles. The van der Waals surface area contributed by atoms with E-state index in [1.54, 1.807) is 0 Å². The second-order valence-electron chi connectivity index (χ2n) is 4.57. The zero-order valence-electron chi connectivity index (χ0n) is 11.7. The molecule has 0 spiro atoms. The molecular formula is C13H10ClN3O5S. The number of sulfone groups is 1. The quantitative estimate of drug-likeness (QED) is 0.510. The Bertz CT molecular complexity index is 881. The van der Waals surface area contributed by atoms with E-state index in [2.05, 4.69) is 10.3 Å². The number of halogens is 1. The van der Waals surface area contributed by atoms with Gasteiger partial charge in [-0.15, -0.1) is 0 Å². The number of nitrogens with zero attached hydrogens (tertiary/aromatic N) is 2. The predicted octanol–water partition coefficient (Wildman–Crippen LogP) is 2.30. The van der Waals surface area contributed by atoms with Crippen LogP contribution in [0.15, 0.2) is 41.4 Å². The van der Waals surface area contributed by atoms with E-state index in [9.17, 15) is 23.3 Å². The lowest BCUT2D eigenvalue weighted by Gasteiger charge is -2.06. The maximum absolute atomic E-state index is 12.2. The fraction of sp³-hybridized carbons (Fsp3) is 0.0769. The summed E-state index contributed by atoms with van der Waals surface area (Å²) in [5.74, 6) is -0.706. The summed E-state index contributed by atoms with van der Waals surface area (Å²) >= 11 is 5.63. The average Bonchev–Trinajstić information content (AvgIpc) is 2.48. The van der Waals surface area contributed by atoms with Gasteiger partial charge < -0.3 is 5.32 Å². The summed E-state index contributed by atoms with van der Waals surface area (Å²) in [6, 6.07) is 5.90. The Morgan fingerprint density at radius 1 is 1.30 bits per heavy atom. The Morgan fingerprint density at radius 2 is 2.00 bits per heavy atom. The summed E-state index contributed by atoms with van der Waals surface area (Å²) in [5, 5.41) is 13.6. The van der Waals surface area contributed by atoms with Crippen LogP contribution < -0.4 is 5.32 Å². The number of carbonyl (C=O) groups is 1. The van der Waals surface area contributed by atoms with Crippen LogP contribution in [-0.4, -0.2) is 30.5 Å². The fourth-order valence-corrected chi connectivity index (χ4v) is 2.47. The van der Waals surface area contributed by atoms with E-state index in [0.29, 0.717) is 5.69 Å². The fourth-order valence-electron chi connectivity index (χ4n) is 1.69. The summed E-state index contributed by atoms with van der Waals surface area (Å²) < 4.78 is 23.2. The van der Waals surface area contributed by atoms with Crippen LogP contribution in [0.4, 0.5) is 11.4 Å². The molecule has 23 heavy (non-hydrogen) atoms. The van der Waals surface area contributed by atoms with E-state index in [1.165, 1.54) is 18.3 Å². The molecule has 0 aliphatic rings. The highest BCUT2D eigenvalue weighted by Crippen LogP contribution is 2.22. The van der Waals surface area contributed by atoms with Gasteiger partial charge in [-0.1, -0.05) is 11.6 Å². The molecule has 0 radical (unpaired) electrons. The standard InChI is InChI=1S/C13H10ClN3O5S/c1-23(21,22)11-5-8(4-10(6-11)17(19)20)13(18)16-9-2-3-12(14)15-7-9/h2-7H,1H3,(H,16,18). The molecule has 0 saturated carbocycles. The Kier molecular flexibility index (Phi) is 4.62. The average molecular weight is 356 g/mol. The summed E-state index contributed by atoms with van der Waals surface area (Å²) in [6.07, 6.45) is 2.20. The number of nitrogens with one attached hydrogen (secondary N) is 1. The van der Waals surface area contributed by atoms with Gasteiger partial charge in [0.25, 0.3) is 11.6 Å². The zero-order chi connectivity index (χ0) is 17.2. The third-order valence-corrected chi connectivity index (χ3v) is 4.09. The zero-order valence-corrected chi connectivity index (χ0v) is 13.3. The van der Waals surface area contributed by atoms with Gasteiger partial charge in [0, 0.05) is 24.0 Å². The highest BCUT2D eigenvalue weighted by molar-refractivity contribution is 7.90. The number of rotatable bonds is 4. The van der Waals surface area contributed by atoms with Crippen molar-refractivity contribution in [2.75, 3.05) is 11.6 Å². The summed E-state index contributed by atoms with van der Waals surface area (Å²) in [5.41, 5.74) is -0.339. The molecule has 2 rings (SSSR count). The van der Waals surface area contributed by atoms with Gasteiger partial charge in [-0.3, -0.25) is 14.9 Å². The van der Waals surface area contributed by atoms with E-state index in [-0.39, 0.29) is 15.6 Å². The van der Waals surface area contributed by atoms with Crippen LogP contribution in [0.5, 0.6) is 0 Å². The molecule has 2 aromatic rings. The van der Waals surface area contributed by atoms with Crippen molar-refractivity contribution in [1.29, 1.82) is 0 Å². The third-order valence-electron chi connectivity index (χ3n) is 2.78. The number of amides is 1. The normalized spacial score (nSPS) is 11.0. The molecule has 0 fully saturated rings. The van der Waals surface area contributed by atoms with Crippen LogP contribution in [0.25, 0.3) is 0 Å². The van der Waals surface area contributed by atoms with Crippen LogP contribution >= 0.6 is 11.6 Å². The van der Waals surface area contributed by atoms with Crippen molar-refractivity contribution < 1.29 is 18.1 Å². The van der Waals surface area contributed by atoms with Crippen molar-refractivity contribution in [3.05, 3.63) is 57.4 Å². The van der Waals surface area contributed by atoms with Crippen molar-refractivity contribution in [2.45, 2.75) is 4.90 Å². The summed E-state index contributed by atoms with van der Waals surface area (Å²) in [6.45, 7) is 0. The van der Waals surface area contributed by atoms with Crippen LogP contribution in [0.2, 0.25) is 5.15 Å². The van der Waals surface area contributed by atoms with Crippen LogP contribution in [0.3, 0.4) is 0 Å². The molecule has 1 heterocycles. The predicted molar refractivity (Wildman–Crippen MR) is 83.4 cm³/mol. The van der Waals surface area contributed by atoms with Gasteiger partial charge in [-0.2, -0.15) is 0 Å². The second kappa shape index (κ2) is 6.31. The second-order valence-corrected chi connectivity index (χ2v) is 6.97. The van der Waals surface area contributed by atoms with Crippen molar-refractivity contribution in [3.63, 3.8) is 0 Å². The molecule has 0 bridgehead atoms. The lowest BCUT2D eigenvalue weighted by Crippen LogP contribution is -2.13. The van der Waals surface area contributed by atoms with Crippen molar-refractivity contribution in [1.82, 2.24) is 4.98 Å². The van der Waals surface area contributed by atoms with Crippen molar-refractivity contribution in [3.8, 4) is 0 Å². The van der Waals surface area contributed by atoms with E-state index in [4.69, 9.17) is 11.6 Å². The van der Waals surface area contributed by atoms with Gasteiger partial charge in [0.1, 0.15) is 5.15 Å². The number of hydrogen-bond acceptors (Lipinski definition) is 6. The molecule has 0 aliphatic heterocycles. The minimum atomic E-state index is -3.71. The molecule has 10 heteroatoms. The smallest absolute Gasteiger partial charge is 0.271 e. The number of anilines is 1.